The van der Waals surface area contributed by atoms with Crippen molar-refractivity contribution in [3.8, 4) is 28.6 Å². The van der Waals surface area contributed by atoms with Gasteiger partial charge >= 0.3 is 6.18 Å². The van der Waals surface area contributed by atoms with Gasteiger partial charge in [-0.3, -0.25) is 0 Å². The highest BCUT2D eigenvalue weighted by atomic mass is 19.4. The Morgan fingerprint density at radius 2 is 1.59 bits per heavy atom. The molecule has 27 heavy (non-hydrogen) atoms. The van der Waals surface area contributed by atoms with E-state index in [4.69, 9.17) is 5.26 Å². The molecule has 0 fully saturated rings. The van der Waals surface area contributed by atoms with E-state index in [9.17, 15) is 13.2 Å². The lowest BCUT2D eigenvalue weighted by molar-refractivity contribution is -0.137. The molecule has 2 heterocycles. The Morgan fingerprint density at radius 3 is 2.22 bits per heavy atom. The van der Waals surface area contributed by atoms with Crippen molar-refractivity contribution in [2.45, 2.75) is 6.18 Å². The summed E-state index contributed by atoms with van der Waals surface area (Å²) in [7, 11) is 0. The fourth-order valence-electron chi connectivity index (χ4n) is 2.77. The number of nitrogens with one attached hydrogen (secondary N) is 1. The number of alkyl halides is 3. The van der Waals surface area contributed by atoms with Gasteiger partial charge in [-0.15, -0.1) is 0 Å². The second-order valence-corrected chi connectivity index (χ2v) is 5.94. The number of aromatic nitrogens is 3. The fraction of sp³-hybridized carbons (Fsp3) is 0.0500. The summed E-state index contributed by atoms with van der Waals surface area (Å²) >= 11 is 0. The second-order valence-electron chi connectivity index (χ2n) is 5.94. The van der Waals surface area contributed by atoms with E-state index in [2.05, 4.69) is 15.0 Å². The average Bonchev–Trinajstić information content (AvgIpc) is 3.11. The van der Waals surface area contributed by atoms with Crippen molar-refractivity contribution in [3.05, 3.63) is 72.1 Å². The Kier molecular flexibility index (Phi) is 3.89. The molecule has 132 valence electrons. The number of nitriles is 1. The van der Waals surface area contributed by atoms with E-state index in [1.165, 1.54) is 6.07 Å². The van der Waals surface area contributed by atoms with Gasteiger partial charge < -0.3 is 4.98 Å². The number of halogens is 3. The molecule has 0 bridgehead atoms. The second kappa shape index (κ2) is 6.25. The van der Waals surface area contributed by atoms with E-state index in [1.807, 2.05) is 30.3 Å². The van der Waals surface area contributed by atoms with Crippen LogP contribution in [0.4, 0.5) is 13.2 Å². The molecular formula is C20H11F3N4. The average molecular weight is 364 g/mol. The molecule has 0 radical (unpaired) electrons. The zero-order chi connectivity index (χ0) is 19.0. The zero-order valence-electron chi connectivity index (χ0n) is 13.7. The van der Waals surface area contributed by atoms with Gasteiger partial charge in [0.25, 0.3) is 0 Å². The van der Waals surface area contributed by atoms with Crippen LogP contribution < -0.4 is 0 Å². The first-order valence-electron chi connectivity index (χ1n) is 7.98. The monoisotopic (exact) mass is 364 g/mol. The number of hydrogen-bond donors (Lipinski definition) is 1. The molecule has 0 saturated heterocycles. The number of fused-ring (bicyclic) bond motifs is 1. The van der Waals surface area contributed by atoms with Crippen LogP contribution in [0, 0.1) is 11.3 Å². The number of aromatic amines is 1. The van der Waals surface area contributed by atoms with Crippen LogP contribution in [0.15, 0.2) is 60.8 Å². The predicted octanol–water partition coefficient (Wildman–Crippen LogP) is 5.18. The number of pyridine rings is 1. The third-order valence-corrected chi connectivity index (χ3v) is 4.18. The van der Waals surface area contributed by atoms with E-state index in [1.54, 1.807) is 18.3 Å². The number of imidazole rings is 1. The molecule has 0 spiro atoms. The minimum absolute atomic E-state index is 0.264. The van der Waals surface area contributed by atoms with Gasteiger partial charge in [-0.05, 0) is 35.9 Å². The highest BCUT2D eigenvalue weighted by Gasteiger charge is 2.30. The van der Waals surface area contributed by atoms with Crippen LogP contribution in [-0.4, -0.2) is 15.0 Å². The standard InChI is InChI=1S/C20H11F3N4/c21-20(22,23)15-6-8-17-18(9-15)27-19(26-17)13-3-1-12(2-4-13)14-5-7-16(10-24)25-11-14/h1-9,11H,(H,26,27). The largest absolute Gasteiger partial charge is 0.416 e. The Morgan fingerprint density at radius 1 is 0.889 bits per heavy atom. The van der Waals surface area contributed by atoms with Crippen LogP contribution in [0.25, 0.3) is 33.5 Å². The summed E-state index contributed by atoms with van der Waals surface area (Å²) in [4.78, 5) is 11.4. The summed E-state index contributed by atoms with van der Waals surface area (Å²) in [6.45, 7) is 0. The van der Waals surface area contributed by atoms with Gasteiger partial charge in [0.1, 0.15) is 17.6 Å². The number of nitrogens with zero attached hydrogens (tertiary/aromatic N) is 3. The Labute approximate surface area is 151 Å². The van der Waals surface area contributed by atoms with Crippen LogP contribution in [0.1, 0.15) is 11.3 Å². The van der Waals surface area contributed by atoms with Crippen molar-refractivity contribution >= 4 is 11.0 Å². The smallest absolute Gasteiger partial charge is 0.338 e. The first kappa shape index (κ1) is 16.8. The van der Waals surface area contributed by atoms with Crippen molar-refractivity contribution in [1.82, 2.24) is 15.0 Å². The number of H-pyrrole nitrogens is 1. The third kappa shape index (κ3) is 3.25. The van der Waals surface area contributed by atoms with E-state index < -0.39 is 11.7 Å². The van der Waals surface area contributed by atoms with E-state index >= 15 is 0 Å². The molecule has 0 aliphatic rings. The summed E-state index contributed by atoms with van der Waals surface area (Å²) in [5.41, 5.74) is 2.95. The van der Waals surface area contributed by atoms with Crippen molar-refractivity contribution in [2.75, 3.05) is 0 Å². The molecule has 1 N–H and O–H groups in total. The number of hydrogen-bond acceptors (Lipinski definition) is 3. The Hall–Kier alpha value is -3.66. The van der Waals surface area contributed by atoms with Crippen LogP contribution in [0.5, 0.6) is 0 Å². The molecular weight excluding hydrogens is 353 g/mol. The van der Waals surface area contributed by atoms with Gasteiger partial charge in [-0.25, -0.2) is 9.97 Å². The highest BCUT2D eigenvalue weighted by Crippen LogP contribution is 2.32. The van der Waals surface area contributed by atoms with Gasteiger partial charge in [0.2, 0.25) is 0 Å². The SMILES string of the molecule is N#Cc1ccc(-c2ccc(-c3nc4cc(C(F)(F)F)ccc4[nH]3)cc2)cn1. The maximum atomic E-state index is 12.8. The lowest BCUT2D eigenvalue weighted by atomic mass is 10.1. The predicted molar refractivity (Wildman–Crippen MR) is 94.5 cm³/mol. The molecule has 0 aliphatic carbocycles. The summed E-state index contributed by atoms with van der Waals surface area (Å²) in [5.74, 6) is 0.494. The minimum Gasteiger partial charge on any atom is -0.338 e. The van der Waals surface area contributed by atoms with Crippen LogP contribution in [0.2, 0.25) is 0 Å². The van der Waals surface area contributed by atoms with Gasteiger partial charge in [-0.2, -0.15) is 18.4 Å². The summed E-state index contributed by atoms with van der Waals surface area (Å²) in [5, 5.41) is 8.80. The van der Waals surface area contributed by atoms with Gasteiger partial charge in [0.15, 0.2) is 0 Å². The normalized spacial score (nSPS) is 11.5. The molecule has 0 aliphatic heterocycles. The first-order valence-corrected chi connectivity index (χ1v) is 7.98. The Balaban J connectivity index is 1.66. The molecule has 2 aromatic heterocycles. The molecule has 7 heteroatoms. The van der Waals surface area contributed by atoms with E-state index in [0.29, 0.717) is 17.0 Å². The molecule has 2 aromatic carbocycles. The maximum Gasteiger partial charge on any atom is 0.416 e. The molecule has 0 amide bonds. The fourth-order valence-corrected chi connectivity index (χ4v) is 2.77. The summed E-state index contributed by atoms with van der Waals surface area (Å²) in [6.07, 6.45) is -2.78. The summed E-state index contributed by atoms with van der Waals surface area (Å²) in [6, 6.07) is 16.3. The molecule has 0 unspecified atom stereocenters. The zero-order valence-corrected chi connectivity index (χ0v) is 13.7. The molecule has 4 rings (SSSR count). The molecule has 0 atom stereocenters. The van der Waals surface area contributed by atoms with Crippen molar-refractivity contribution in [1.29, 1.82) is 5.26 Å². The van der Waals surface area contributed by atoms with Crippen LogP contribution in [-0.2, 0) is 6.18 Å². The Bertz CT molecular complexity index is 1150. The minimum atomic E-state index is -4.40. The van der Waals surface area contributed by atoms with E-state index in [0.717, 1.165) is 28.8 Å². The molecule has 4 nitrogen and oxygen atoms in total. The summed E-state index contributed by atoms with van der Waals surface area (Å²) < 4.78 is 38.5. The van der Waals surface area contributed by atoms with Gasteiger partial charge in [-0.1, -0.05) is 24.3 Å². The van der Waals surface area contributed by atoms with Crippen molar-refractivity contribution in [3.63, 3.8) is 0 Å². The topological polar surface area (TPSA) is 65.4 Å². The first-order chi connectivity index (χ1) is 12.9. The molecule has 4 aromatic rings. The highest BCUT2D eigenvalue weighted by molar-refractivity contribution is 5.80. The number of rotatable bonds is 2. The van der Waals surface area contributed by atoms with Crippen LogP contribution in [0.3, 0.4) is 0 Å². The van der Waals surface area contributed by atoms with Crippen molar-refractivity contribution < 1.29 is 13.2 Å². The van der Waals surface area contributed by atoms with Gasteiger partial charge in [0, 0.05) is 17.3 Å². The lowest BCUT2D eigenvalue weighted by Gasteiger charge is -2.04. The maximum absolute atomic E-state index is 12.8. The van der Waals surface area contributed by atoms with E-state index in [-0.39, 0.29) is 5.52 Å². The van der Waals surface area contributed by atoms with Gasteiger partial charge in [0.05, 0.1) is 16.6 Å². The lowest BCUT2D eigenvalue weighted by Crippen LogP contribution is -2.04. The third-order valence-electron chi connectivity index (χ3n) is 4.18. The van der Waals surface area contributed by atoms with Crippen molar-refractivity contribution in [2.24, 2.45) is 0 Å². The van der Waals surface area contributed by atoms with Crippen LogP contribution >= 0.6 is 0 Å². The quantitative estimate of drug-likeness (QED) is 0.533. The number of benzene rings is 2. The molecule has 0 saturated carbocycles.